The van der Waals surface area contributed by atoms with Gasteiger partial charge in [-0.15, -0.1) is 0 Å². The van der Waals surface area contributed by atoms with Gasteiger partial charge in [-0.25, -0.2) is 4.99 Å². The van der Waals surface area contributed by atoms with E-state index >= 15 is 0 Å². The van der Waals surface area contributed by atoms with E-state index < -0.39 is 0 Å². The molecule has 0 bridgehead atoms. The van der Waals surface area contributed by atoms with Gasteiger partial charge in [0, 0.05) is 45.6 Å². The summed E-state index contributed by atoms with van der Waals surface area (Å²) in [6.45, 7) is 9.49. The number of rotatable bonds is 12. The van der Waals surface area contributed by atoms with Gasteiger partial charge in [0.05, 0.1) is 13.2 Å². The monoisotopic (exact) mass is 336 g/mol. The van der Waals surface area contributed by atoms with Gasteiger partial charge in [-0.3, -0.25) is 0 Å². The molecule has 0 aliphatic heterocycles. The Kier molecular flexibility index (Phi) is 11.5. The van der Waals surface area contributed by atoms with Crippen LogP contribution in [0.25, 0.3) is 0 Å². The van der Waals surface area contributed by atoms with Crippen molar-refractivity contribution in [1.82, 2.24) is 10.6 Å². The predicted octanol–water partition coefficient (Wildman–Crippen LogP) is 2.23. The number of methoxy groups -OCH3 is 1. The molecule has 6 nitrogen and oxygen atoms in total. The Bertz CT molecular complexity index is 449. The molecule has 0 heterocycles. The third-order valence-corrected chi connectivity index (χ3v) is 3.32. The number of anilines is 1. The zero-order valence-corrected chi connectivity index (χ0v) is 15.2. The molecule has 1 aromatic carbocycles. The van der Waals surface area contributed by atoms with Gasteiger partial charge in [-0.2, -0.15) is 0 Å². The summed E-state index contributed by atoms with van der Waals surface area (Å²) >= 11 is 0. The standard InChI is InChI=1S/C18H32N4O2/c1-4-19-18(21-11-6-13-24-5-2)22-15-16-7-9-17(10-8-16)20-12-14-23-3/h7-10,20H,4-6,11-15H2,1-3H3,(H2,19,21,22). The molecule has 0 saturated carbocycles. The molecule has 0 amide bonds. The number of hydrogen-bond donors (Lipinski definition) is 3. The normalized spacial score (nSPS) is 11.4. The Morgan fingerprint density at radius 1 is 1.04 bits per heavy atom. The zero-order valence-electron chi connectivity index (χ0n) is 15.2. The molecule has 0 unspecified atom stereocenters. The van der Waals surface area contributed by atoms with Crippen LogP contribution >= 0.6 is 0 Å². The molecule has 1 rings (SSSR count). The van der Waals surface area contributed by atoms with E-state index in [2.05, 4.69) is 52.1 Å². The summed E-state index contributed by atoms with van der Waals surface area (Å²) in [7, 11) is 1.70. The number of aliphatic imine (C=N–C) groups is 1. The lowest BCUT2D eigenvalue weighted by molar-refractivity contribution is 0.145. The Morgan fingerprint density at radius 2 is 1.83 bits per heavy atom. The van der Waals surface area contributed by atoms with Crippen LogP contribution in [0.1, 0.15) is 25.8 Å². The third-order valence-electron chi connectivity index (χ3n) is 3.32. The van der Waals surface area contributed by atoms with Crippen LogP contribution in [0.3, 0.4) is 0 Å². The average Bonchev–Trinajstić information content (AvgIpc) is 2.60. The second-order valence-corrected chi connectivity index (χ2v) is 5.29. The Balaban J connectivity index is 2.41. The molecule has 0 aromatic heterocycles. The molecule has 6 heteroatoms. The van der Waals surface area contributed by atoms with Gasteiger partial charge in [-0.05, 0) is 38.0 Å². The van der Waals surface area contributed by atoms with Gasteiger partial charge in [0.1, 0.15) is 0 Å². The highest BCUT2D eigenvalue weighted by atomic mass is 16.5. The number of benzene rings is 1. The van der Waals surface area contributed by atoms with Crippen molar-refractivity contribution in [2.75, 3.05) is 51.9 Å². The number of nitrogens with one attached hydrogen (secondary N) is 3. The second-order valence-electron chi connectivity index (χ2n) is 5.29. The maximum Gasteiger partial charge on any atom is 0.191 e. The maximum absolute atomic E-state index is 5.34. The van der Waals surface area contributed by atoms with Crippen molar-refractivity contribution in [2.45, 2.75) is 26.8 Å². The summed E-state index contributed by atoms with van der Waals surface area (Å²) in [6.07, 6.45) is 0.972. The Hall–Kier alpha value is -1.79. The van der Waals surface area contributed by atoms with Crippen LogP contribution in [0, 0.1) is 0 Å². The van der Waals surface area contributed by atoms with Crippen molar-refractivity contribution in [3.8, 4) is 0 Å². The van der Waals surface area contributed by atoms with Gasteiger partial charge in [0.2, 0.25) is 0 Å². The van der Waals surface area contributed by atoms with Crippen molar-refractivity contribution in [1.29, 1.82) is 0 Å². The summed E-state index contributed by atoms with van der Waals surface area (Å²) in [5.74, 6) is 0.844. The number of guanidine groups is 1. The van der Waals surface area contributed by atoms with E-state index in [1.165, 1.54) is 5.56 Å². The summed E-state index contributed by atoms with van der Waals surface area (Å²) in [4.78, 5) is 4.62. The zero-order chi connectivity index (χ0) is 17.5. The van der Waals surface area contributed by atoms with E-state index in [9.17, 15) is 0 Å². The topological polar surface area (TPSA) is 66.9 Å². The van der Waals surface area contributed by atoms with E-state index in [1.807, 2.05) is 6.92 Å². The molecule has 0 spiro atoms. The minimum atomic E-state index is 0.652. The second kappa shape index (κ2) is 13.6. The first-order chi connectivity index (χ1) is 11.8. The first kappa shape index (κ1) is 20.3. The van der Waals surface area contributed by atoms with Crippen LogP contribution in [0.2, 0.25) is 0 Å². The lowest BCUT2D eigenvalue weighted by Gasteiger charge is -2.11. The van der Waals surface area contributed by atoms with Gasteiger partial charge in [-0.1, -0.05) is 12.1 Å². The Morgan fingerprint density at radius 3 is 2.50 bits per heavy atom. The molecule has 1 aromatic rings. The molecule has 0 aliphatic rings. The van der Waals surface area contributed by atoms with E-state index in [0.717, 1.165) is 50.9 Å². The summed E-state index contributed by atoms with van der Waals surface area (Å²) in [5, 5.41) is 9.89. The highest BCUT2D eigenvalue weighted by Gasteiger charge is 1.98. The average molecular weight is 336 g/mol. The van der Waals surface area contributed by atoms with Gasteiger partial charge >= 0.3 is 0 Å². The third kappa shape index (κ3) is 9.37. The summed E-state index contributed by atoms with van der Waals surface area (Å²) in [5.41, 5.74) is 2.28. The predicted molar refractivity (Wildman–Crippen MR) is 101 cm³/mol. The van der Waals surface area contributed by atoms with Gasteiger partial charge < -0.3 is 25.4 Å². The molecule has 0 fully saturated rings. The fourth-order valence-corrected chi connectivity index (χ4v) is 2.06. The fraction of sp³-hybridized carbons (Fsp3) is 0.611. The number of ether oxygens (including phenoxy) is 2. The minimum absolute atomic E-state index is 0.652. The summed E-state index contributed by atoms with van der Waals surface area (Å²) in [6, 6.07) is 8.33. The quantitative estimate of drug-likeness (QED) is 0.310. The van der Waals surface area contributed by atoms with Gasteiger partial charge in [0.25, 0.3) is 0 Å². The van der Waals surface area contributed by atoms with Crippen LogP contribution in [0.15, 0.2) is 29.3 Å². The Labute approximate surface area is 146 Å². The largest absolute Gasteiger partial charge is 0.383 e. The van der Waals surface area contributed by atoms with Gasteiger partial charge in [0.15, 0.2) is 5.96 Å². The summed E-state index contributed by atoms with van der Waals surface area (Å²) < 4.78 is 10.4. The molecule has 0 saturated heterocycles. The van der Waals surface area contributed by atoms with Crippen LogP contribution < -0.4 is 16.0 Å². The molecule has 136 valence electrons. The van der Waals surface area contributed by atoms with Crippen molar-refractivity contribution in [2.24, 2.45) is 4.99 Å². The first-order valence-electron chi connectivity index (χ1n) is 8.71. The van der Waals surface area contributed by atoms with Crippen LogP contribution in [-0.4, -0.2) is 52.5 Å². The van der Waals surface area contributed by atoms with Crippen molar-refractivity contribution < 1.29 is 9.47 Å². The maximum atomic E-state index is 5.34. The highest BCUT2D eigenvalue weighted by molar-refractivity contribution is 5.79. The van der Waals surface area contributed by atoms with Crippen LogP contribution in [0.4, 0.5) is 5.69 Å². The van der Waals surface area contributed by atoms with Crippen molar-refractivity contribution in [3.63, 3.8) is 0 Å². The SMILES string of the molecule is CCNC(=NCc1ccc(NCCOC)cc1)NCCCOCC. The lowest BCUT2D eigenvalue weighted by Crippen LogP contribution is -2.38. The van der Waals surface area contributed by atoms with E-state index in [1.54, 1.807) is 7.11 Å². The van der Waals surface area contributed by atoms with Crippen molar-refractivity contribution >= 4 is 11.6 Å². The number of nitrogens with zero attached hydrogens (tertiary/aromatic N) is 1. The van der Waals surface area contributed by atoms with E-state index in [4.69, 9.17) is 9.47 Å². The molecule has 0 aliphatic carbocycles. The fourth-order valence-electron chi connectivity index (χ4n) is 2.06. The molecule has 3 N–H and O–H groups in total. The van der Waals surface area contributed by atoms with E-state index in [-0.39, 0.29) is 0 Å². The highest BCUT2D eigenvalue weighted by Crippen LogP contribution is 2.10. The first-order valence-corrected chi connectivity index (χ1v) is 8.71. The smallest absolute Gasteiger partial charge is 0.191 e. The lowest BCUT2D eigenvalue weighted by atomic mass is 10.2. The van der Waals surface area contributed by atoms with Crippen molar-refractivity contribution in [3.05, 3.63) is 29.8 Å². The molecule has 0 radical (unpaired) electrons. The van der Waals surface area contributed by atoms with Crippen LogP contribution in [-0.2, 0) is 16.0 Å². The molecular weight excluding hydrogens is 304 g/mol. The molecule has 24 heavy (non-hydrogen) atoms. The number of hydrogen-bond acceptors (Lipinski definition) is 4. The molecule has 0 atom stereocenters. The van der Waals surface area contributed by atoms with Crippen LogP contribution in [0.5, 0.6) is 0 Å². The molecular formula is C18H32N4O2. The van der Waals surface area contributed by atoms with E-state index in [0.29, 0.717) is 13.2 Å². The minimum Gasteiger partial charge on any atom is -0.383 e.